The third kappa shape index (κ3) is 4.68. The van der Waals surface area contributed by atoms with E-state index in [0.29, 0.717) is 25.2 Å². The Labute approximate surface area is 147 Å². The van der Waals surface area contributed by atoms with E-state index in [2.05, 4.69) is 5.32 Å². The number of amides is 2. The van der Waals surface area contributed by atoms with Crippen LogP contribution in [0.3, 0.4) is 0 Å². The SMILES string of the molecule is N=C(/C=C(\N)C(=O)N1CCC(NC(=O)C2CC2)C1)Cc1ccccc1. The number of hydrogen-bond donors (Lipinski definition) is 3. The number of nitrogens with two attached hydrogens (primary N) is 1. The van der Waals surface area contributed by atoms with Crippen molar-refractivity contribution in [2.75, 3.05) is 13.1 Å². The molecule has 6 nitrogen and oxygen atoms in total. The third-order valence-corrected chi connectivity index (χ3v) is 4.58. The second-order valence-corrected chi connectivity index (χ2v) is 6.81. The fourth-order valence-electron chi connectivity index (χ4n) is 3.03. The molecule has 0 radical (unpaired) electrons. The van der Waals surface area contributed by atoms with Crippen LogP contribution in [0.2, 0.25) is 0 Å². The van der Waals surface area contributed by atoms with Gasteiger partial charge in [-0.3, -0.25) is 9.59 Å². The zero-order valence-corrected chi connectivity index (χ0v) is 14.2. The summed E-state index contributed by atoms with van der Waals surface area (Å²) >= 11 is 0. The number of carbonyl (C=O) groups is 2. The number of allylic oxidation sites excluding steroid dienone is 1. The van der Waals surface area contributed by atoms with Crippen molar-refractivity contribution in [2.24, 2.45) is 11.7 Å². The van der Waals surface area contributed by atoms with Gasteiger partial charge in [0.1, 0.15) is 0 Å². The molecule has 1 unspecified atom stereocenters. The topological polar surface area (TPSA) is 99.3 Å². The van der Waals surface area contributed by atoms with Gasteiger partial charge in [-0.05, 0) is 30.9 Å². The minimum Gasteiger partial charge on any atom is -0.394 e. The molecule has 25 heavy (non-hydrogen) atoms. The molecule has 4 N–H and O–H groups in total. The first-order valence-electron chi connectivity index (χ1n) is 8.71. The molecule has 1 saturated carbocycles. The molecule has 1 aliphatic carbocycles. The molecule has 2 fully saturated rings. The van der Waals surface area contributed by atoms with Crippen LogP contribution < -0.4 is 11.1 Å². The first-order chi connectivity index (χ1) is 12.0. The van der Waals surface area contributed by atoms with Gasteiger partial charge in [-0.2, -0.15) is 0 Å². The summed E-state index contributed by atoms with van der Waals surface area (Å²) < 4.78 is 0. The van der Waals surface area contributed by atoms with Crippen LogP contribution >= 0.6 is 0 Å². The van der Waals surface area contributed by atoms with Crippen molar-refractivity contribution in [1.82, 2.24) is 10.2 Å². The number of hydrogen-bond acceptors (Lipinski definition) is 4. The quantitative estimate of drug-likeness (QED) is 0.536. The van der Waals surface area contributed by atoms with Crippen LogP contribution in [0.1, 0.15) is 24.8 Å². The second kappa shape index (κ2) is 7.51. The van der Waals surface area contributed by atoms with Gasteiger partial charge < -0.3 is 21.4 Å². The van der Waals surface area contributed by atoms with E-state index in [4.69, 9.17) is 11.1 Å². The molecule has 132 valence electrons. The van der Waals surface area contributed by atoms with Crippen molar-refractivity contribution in [2.45, 2.75) is 31.7 Å². The average molecular weight is 340 g/mol. The molecule has 0 aromatic heterocycles. The summed E-state index contributed by atoms with van der Waals surface area (Å²) in [4.78, 5) is 25.9. The Morgan fingerprint density at radius 3 is 2.64 bits per heavy atom. The molecule has 1 atom stereocenters. The predicted octanol–water partition coefficient (Wildman–Crippen LogP) is 1.22. The Balaban J connectivity index is 1.51. The third-order valence-electron chi connectivity index (χ3n) is 4.58. The van der Waals surface area contributed by atoms with Crippen LogP contribution in [0, 0.1) is 11.3 Å². The number of nitrogens with one attached hydrogen (secondary N) is 2. The van der Waals surface area contributed by atoms with E-state index in [1.54, 1.807) is 4.90 Å². The minimum atomic E-state index is -0.263. The Morgan fingerprint density at radius 2 is 1.96 bits per heavy atom. The standard InChI is InChI=1S/C19H24N4O2/c20-15(10-13-4-2-1-3-5-13)11-17(21)19(25)23-9-8-16(12-23)22-18(24)14-6-7-14/h1-5,11,14,16,20H,6-10,12,21H2,(H,22,24)/b17-11-,20-15?. The van der Waals surface area contributed by atoms with E-state index < -0.39 is 0 Å². The Hall–Kier alpha value is -2.63. The van der Waals surface area contributed by atoms with Crippen molar-refractivity contribution in [1.29, 1.82) is 5.41 Å². The van der Waals surface area contributed by atoms with Crippen molar-refractivity contribution < 1.29 is 9.59 Å². The molecule has 6 heteroatoms. The molecule has 1 aliphatic heterocycles. The van der Waals surface area contributed by atoms with E-state index in [0.717, 1.165) is 24.8 Å². The van der Waals surface area contributed by atoms with Gasteiger partial charge in [-0.1, -0.05) is 30.3 Å². The maximum Gasteiger partial charge on any atom is 0.269 e. The van der Waals surface area contributed by atoms with Gasteiger partial charge in [0.25, 0.3) is 5.91 Å². The lowest BCUT2D eigenvalue weighted by molar-refractivity contribution is -0.127. The fraction of sp³-hybridized carbons (Fsp3) is 0.421. The van der Waals surface area contributed by atoms with Crippen molar-refractivity contribution in [3.63, 3.8) is 0 Å². The summed E-state index contributed by atoms with van der Waals surface area (Å²) in [6, 6.07) is 9.64. The number of carbonyl (C=O) groups excluding carboxylic acids is 2. The maximum atomic E-state index is 12.4. The van der Waals surface area contributed by atoms with Crippen LogP contribution in [0.5, 0.6) is 0 Å². The molecule has 1 aromatic carbocycles. The van der Waals surface area contributed by atoms with Gasteiger partial charge in [-0.15, -0.1) is 0 Å². The number of rotatable bonds is 6. The number of nitrogens with zero attached hydrogens (tertiary/aromatic N) is 1. The van der Waals surface area contributed by atoms with Crippen molar-refractivity contribution >= 4 is 17.5 Å². The molecule has 1 saturated heterocycles. The van der Waals surface area contributed by atoms with Crippen LogP contribution in [-0.4, -0.2) is 41.6 Å². The van der Waals surface area contributed by atoms with Crippen LogP contribution in [-0.2, 0) is 16.0 Å². The first-order valence-corrected chi connectivity index (χ1v) is 8.71. The summed E-state index contributed by atoms with van der Waals surface area (Å²) in [5, 5.41) is 11.0. The van der Waals surface area contributed by atoms with Crippen LogP contribution in [0.25, 0.3) is 0 Å². The fourth-order valence-corrected chi connectivity index (χ4v) is 3.03. The lowest BCUT2D eigenvalue weighted by Gasteiger charge is -2.17. The average Bonchev–Trinajstić information content (AvgIpc) is 3.35. The predicted molar refractivity (Wildman–Crippen MR) is 96.0 cm³/mol. The van der Waals surface area contributed by atoms with Gasteiger partial charge in [0.15, 0.2) is 0 Å². The molecule has 1 aromatic rings. The lowest BCUT2D eigenvalue weighted by atomic mass is 10.1. The smallest absolute Gasteiger partial charge is 0.269 e. The Bertz CT molecular complexity index is 695. The number of benzene rings is 1. The lowest BCUT2D eigenvalue weighted by Crippen LogP contribution is -2.40. The van der Waals surface area contributed by atoms with Gasteiger partial charge in [0.2, 0.25) is 5.91 Å². The number of likely N-dealkylation sites (tertiary alicyclic amines) is 1. The zero-order chi connectivity index (χ0) is 17.8. The van der Waals surface area contributed by atoms with Gasteiger partial charge in [-0.25, -0.2) is 0 Å². The minimum absolute atomic E-state index is 0.00798. The van der Waals surface area contributed by atoms with Gasteiger partial charge in [0, 0.05) is 37.2 Å². The summed E-state index contributed by atoms with van der Waals surface area (Å²) in [6.07, 6.45) is 4.57. The van der Waals surface area contributed by atoms with E-state index in [-0.39, 0.29) is 29.5 Å². The van der Waals surface area contributed by atoms with Crippen molar-refractivity contribution in [3.05, 3.63) is 47.7 Å². The first kappa shape index (κ1) is 17.2. The summed E-state index contributed by atoms with van der Waals surface area (Å²) in [6.45, 7) is 1.06. The van der Waals surface area contributed by atoms with Crippen molar-refractivity contribution in [3.8, 4) is 0 Å². The maximum absolute atomic E-state index is 12.4. The van der Waals surface area contributed by atoms with Gasteiger partial charge >= 0.3 is 0 Å². The normalized spacial score (nSPS) is 20.4. The van der Waals surface area contributed by atoms with E-state index in [1.165, 1.54) is 6.08 Å². The molecular weight excluding hydrogens is 316 g/mol. The monoisotopic (exact) mass is 340 g/mol. The van der Waals surface area contributed by atoms with E-state index >= 15 is 0 Å². The largest absolute Gasteiger partial charge is 0.394 e. The molecule has 0 bridgehead atoms. The molecular formula is C19H24N4O2. The summed E-state index contributed by atoms with van der Waals surface area (Å²) in [5.41, 5.74) is 7.29. The molecule has 1 heterocycles. The van der Waals surface area contributed by atoms with Crippen LogP contribution in [0.4, 0.5) is 0 Å². The molecule has 2 amide bonds. The van der Waals surface area contributed by atoms with Crippen LogP contribution in [0.15, 0.2) is 42.1 Å². The highest BCUT2D eigenvalue weighted by atomic mass is 16.2. The van der Waals surface area contributed by atoms with E-state index in [9.17, 15) is 9.59 Å². The summed E-state index contributed by atoms with van der Waals surface area (Å²) in [7, 11) is 0. The second-order valence-electron chi connectivity index (χ2n) is 6.81. The summed E-state index contributed by atoms with van der Waals surface area (Å²) in [5.74, 6) is 0.0154. The Kier molecular flexibility index (Phi) is 5.16. The van der Waals surface area contributed by atoms with Gasteiger partial charge in [0.05, 0.1) is 5.70 Å². The highest BCUT2D eigenvalue weighted by Gasteiger charge is 2.34. The highest BCUT2D eigenvalue weighted by molar-refractivity contribution is 6.03. The highest BCUT2D eigenvalue weighted by Crippen LogP contribution is 2.29. The zero-order valence-electron chi connectivity index (χ0n) is 14.2. The molecule has 2 aliphatic rings. The molecule has 3 rings (SSSR count). The Morgan fingerprint density at radius 1 is 1.24 bits per heavy atom. The van der Waals surface area contributed by atoms with E-state index in [1.807, 2.05) is 30.3 Å². The molecule has 0 spiro atoms.